The molecule has 3 heterocycles. The van der Waals surface area contributed by atoms with E-state index in [0.29, 0.717) is 11.3 Å². The monoisotopic (exact) mass is 450 g/mol. The first-order valence-electron chi connectivity index (χ1n) is 9.31. The number of halogens is 1. The highest BCUT2D eigenvalue weighted by molar-refractivity contribution is 8.00. The van der Waals surface area contributed by atoms with Gasteiger partial charge in [0.15, 0.2) is 11.9 Å². The molecule has 164 valence electrons. The van der Waals surface area contributed by atoms with Gasteiger partial charge in [-0.25, -0.2) is 9.18 Å². The first-order valence-corrected chi connectivity index (χ1v) is 10.3. The van der Waals surface area contributed by atoms with Crippen molar-refractivity contribution < 1.29 is 28.9 Å². The lowest BCUT2D eigenvalue weighted by atomic mass is 9.98. The number of aromatic nitrogens is 2. The third-order valence-corrected chi connectivity index (χ3v) is 6.15. The van der Waals surface area contributed by atoms with E-state index in [0.717, 1.165) is 16.4 Å². The number of anilines is 2. The summed E-state index contributed by atoms with van der Waals surface area (Å²) < 4.78 is 21.0. The number of aliphatic hydroxyl groups is 2. The molecule has 2 aliphatic rings. The van der Waals surface area contributed by atoms with Crippen LogP contribution >= 0.6 is 11.8 Å². The van der Waals surface area contributed by atoms with Gasteiger partial charge in [-0.05, 0) is 31.2 Å². The van der Waals surface area contributed by atoms with Crippen LogP contribution in [0, 0.1) is 0 Å². The van der Waals surface area contributed by atoms with Crippen molar-refractivity contribution in [1.29, 1.82) is 0 Å². The summed E-state index contributed by atoms with van der Waals surface area (Å²) in [6.07, 6.45) is -3.10. The quantitative estimate of drug-likeness (QED) is 0.528. The molecule has 0 radical (unpaired) electrons. The number of aliphatic hydroxyl groups excluding tert-OH is 2. The first-order chi connectivity index (χ1) is 14.7. The van der Waals surface area contributed by atoms with Gasteiger partial charge < -0.3 is 25.6 Å². The number of alkyl halides is 1. The predicted octanol–water partition coefficient (Wildman–Crippen LogP) is 0.519. The van der Waals surface area contributed by atoms with E-state index in [1.807, 2.05) is 0 Å². The molecule has 2 aromatic rings. The fourth-order valence-electron chi connectivity index (χ4n) is 3.43. The maximum atomic E-state index is 14.9. The van der Waals surface area contributed by atoms with Crippen molar-refractivity contribution in [2.45, 2.75) is 35.9 Å². The van der Waals surface area contributed by atoms with Crippen LogP contribution < -0.4 is 16.3 Å². The Hall–Kier alpha value is -2.80. The Labute approximate surface area is 179 Å². The van der Waals surface area contributed by atoms with Gasteiger partial charge in [-0.2, -0.15) is 4.98 Å². The number of carbonyl (C=O) groups is 2. The lowest BCUT2D eigenvalue weighted by Crippen LogP contribution is -2.42. The van der Waals surface area contributed by atoms with E-state index in [2.05, 4.69) is 15.6 Å². The number of thioether (sulfide) groups is 1. The number of amides is 2. The summed E-state index contributed by atoms with van der Waals surface area (Å²) in [5.41, 5.74) is -2.31. The van der Waals surface area contributed by atoms with Crippen molar-refractivity contribution in [3.63, 3.8) is 0 Å². The Bertz CT molecular complexity index is 1110. The average molecular weight is 450 g/mol. The zero-order valence-corrected chi connectivity index (χ0v) is 17.1. The highest BCUT2D eigenvalue weighted by Gasteiger charge is 2.55. The Kier molecular flexibility index (Phi) is 5.56. The topological polar surface area (TPSA) is 143 Å². The van der Waals surface area contributed by atoms with Gasteiger partial charge in [-0.1, -0.05) is 0 Å². The van der Waals surface area contributed by atoms with E-state index in [1.165, 1.54) is 30.1 Å². The van der Waals surface area contributed by atoms with Crippen molar-refractivity contribution in [3.8, 4) is 0 Å². The number of rotatable bonds is 4. The highest BCUT2D eigenvalue weighted by Crippen LogP contribution is 2.40. The van der Waals surface area contributed by atoms with E-state index >= 15 is 0 Å². The summed E-state index contributed by atoms with van der Waals surface area (Å²) in [6, 6.07) is 6.05. The molecule has 0 bridgehead atoms. The summed E-state index contributed by atoms with van der Waals surface area (Å²) in [5, 5.41) is 24.4. The van der Waals surface area contributed by atoms with E-state index in [9.17, 15) is 29.0 Å². The van der Waals surface area contributed by atoms with Gasteiger partial charge in [0.05, 0.1) is 18.0 Å². The molecule has 2 unspecified atom stereocenters. The average Bonchev–Trinajstić information content (AvgIpc) is 2.96. The molecular weight excluding hydrogens is 431 g/mol. The van der Waals surface area contributed by atoms with E-state index in [1.54, 1.807) is 12.1 Å². The van der Waals surface area contributed by atoms with E-state index < -0.39 is 42.3 Å². The van der Waals surface area contributed by atoms with E-state index in [4.69, 9.17) is 4.74 Å². The second-order valence-corrected chi connectivity index (χ2v) is 8.33. The van der Waals surface area contributed by atoms with Crippen molar-refractivity contribution in [2.75, 3.05) is 23.0 Å². The molecule has 0 aliphatic carbocycles. The maximum absolute atomic E-state index is 14.9. The van der Waals surface area contributed by atoms with Crippen LogP contribution in [0.5, 0.6) is 0 Å². The number of nitrogens with one attached hydrogen (secondary N) is 2. The zero-order chi connectivity index (χ0) is 22.3. The molecule has 12 heteroatoms. The molecule has 2 aliphatic heterocycles. The molecule has 0 saturated carbocycles. The first kappa shape index (κ1) is 21.4. The molecular formula is C19H19FN4O6S. The van der Waals surface area contributed by atoms with Crippen LogP contribution in [0.25, 0.3) is 0 Å². The second-order valence-electron chi connectivity index (χ2n) is 7.31. The van der Waals surface area contributed by atoms with Gasteiger partial charge in [-0.3, -0.25) is 14.2 Å². The Morgan fingerprint density at radius 3 is 2.90 bits per heavy atom. The zero-order valence-electron chi connectivity index (χ0n) is 16.2. The Balaban J connectivity index is 1.52. The van der Waals surface area contributed by atoms with Crippen molar-refractivity contribution >= 4 is 35.1 Å². The van der Waals surface area contributed by atoms with Crippen LogP contribution in [-0.2, 0) is 9.53 Å². The molecule has 1 aromatic heterocycles. The number of fused-ring (bicyclic) bond motifs is 1. The molecule has 0 spiro atoms. The molecule has 31 heavy (non-hydrogen) atoms. The third kappa shape index (κ3) is 3.94. The van der Waals surface area contributed by atoms with Crippen LogP contribution in [0.1, 0.15) is 23.5 Å². The summed E-state index contributed by atoms with van der Waals surface area (Å²) in [4.78, 5) is 40.9. The SMILES string of the molecule is CC1(F)C(n2ccc(NC(=O)c3ccc4c(c3)SCC(=O)N4)nc2=O)O[C@H](CO)[C@H]1O. The van der Waals surface area contributed by atoms with Crippen molar-refractivity contribution in [1.82, 2.24) is 9.55 Å². The standard InChI is InChI=1S/C19H19FN4O6S/c1-19(20)15(27)11(7-25)30-17(19)24-5-4-13(23-18(24)29)22-16(28)9-2-3-10-12(6-9)31-8-14(26)21-10/h2-6,11,15,17,25,27H,7-8H2,1H3,(H,21,26)(H,22,23,28,29)/t11-,15-,17?,19?/m1/s1. The van der Waals surface area contributed by atoms with Crippen LogP contribution in [-0.4, -0.2) is 61.8 Å². The number of ether oxygens (including phenoxy) is 1. The third-order valence-electron chi connectivity index (χ3n) is 5.10. The van der Waals surface area contributed by atoms with Crippen LogP contribution in [0.4, 0.5) is 15.9 Å². The lowest BCUT2D eigenvalue weighted by molar-refractivity contribution is -0.113. The summed E-state index contributed by atoms with van der Waals surface area (Å²) >= 11 is 1.31. The normalized spacial score (nSPS) is 27.5. The summed E-state index contributed by atoms with van der Waals surface area (Å²) in [7, 11) is 0. The van der Waals surface area contributed by atoms with Crippen molar-refractivity contribution in [2.24, 2.45) is 0 Å². The molecule has 1 saturated heterocycles. The van der Waals surface area contributed by atoms with Gasteiger partial charge in [0.2, 0.25) is 5.91 Å². The lowest BCUT2D eigenvalue weighted by Gasteiger charge is -2.24. The fraction of sp³-hybridized carbons (Fsp3) is 0.368. The predicted molar refractivity (Wildman–Crippen MR) is 109 cm³/mol. The van der Waals surface area contributed by atoms with Crippen LogP contribution in [0.15, 0.2) is 40.2 Å². The molecule has 2 amide bonds. The van der Waals surface area contributed by atoms with Gasteiger partial charge in [0, 0.05) is 16.7 Å². The number of benzene rings is 1. The minimum Gasteiger partial charge on any atom is -0.394 e. The number of hydrogen-bond donors (Lipinski definition) is 4. The summed E-state index contributed by atoms with van der Waals surface area (Å²) in [5.74, 6) is -0.440. The number of nitrogens with zero attached hydrogens (tertiary/aromatic N) is 2. The van der Waals surface area contributed by atoms with Crippen molar-refractivity contribution in [3.05, 3.63) is 46.5 Å². The number of hydrogen-bond acceptors (Lipinski definition) is 8. The largest absolute Gasteiger partial charge is 0.394 e. The highest BCUT2D eigenvalue weighted by atomic mass is 32.2. The molecule has 4 N–H and O–H groups in total. The molecule has 1 fully saturated rings. The van der Waals surface area contributed by atoms with Crippen LogP contribution in [0.2, 0.25) is 0 Å². The van der Waals surface area contributed by atoms with Gasteiger partial charge in [0.25, 0.3) is 5.91 Å². The second kappa shape index (κ2) is 8.04. The van der Waals surface area contributed by atoms with Gasteiger partial charge in [0.1, 0.15) is 18.0 Å². The van der Waals surface area contributed by atoms with Gasteiger partial charge in [-0.15, -0.1) is 11.8 Å². The van der Waals surface area contributed by atoms with Gasteiger partial charge >= 0.3 is 5.69 Å². The molecule has 1 aromatic carbocycles. The molecule has 4 rings (SSSR count). The smallest absolute Gasteiger partial charge is 0.351 e. The number of carbonyl (C=O) groups excluding carboxylic acids is 2. The Morgan fingerprint density at radius 2 is 2.23 bits per heavy atom. The fourth-order valence-corrected chi connectivity index (χ4v) is 4.27. The van der Waals surface area contributed by atoms with E-state index in [-0.39, 0.29) is 17.5 Å². The summed E-state index contributed by atoms with van der Waals surface area (Å²) in [6.45, 7) is 0.451. The minimum absolute atomic E-state index is 0.0530. The Morgan fingerprint density at radius 1 is 1.45 bits per heavy atom. The van der Waals surface area contributed by atoms with Crippen LogP contribution in [0.3, 0.4) is 0 Å². The maximum Gasteiger partial charge on any atom is 0.351 e. The molecule has 10 nitrogen and oxygen atoms in total. The molecule has 4 atom stereocenters. The minimum atomic E-state index is -2.33.